The van der Waals surface area contributed by atoms with E-state index in [0.29, 0.717) is 35.5 Å². The highest BCUT2D eigenvalue weighted by Gasteiger charge is 2.32. The molecule has 1 fully saturated rings. The quantitative estimate of drug-likeness (QED) is 0.773. The maximum absolute atomic E-state index is 13.2. The molecule has 1 unspecified atom stereocenters. The largest absolute Gasteiger partial charge is 0.352 e. The minimum absolute atomic E-state index is 0.148. The number of nitrogens with one attached hydrogen (secondary N) is 1. The van der Waals surface area contributed by atoms with E-state index < -0.39 is 15.9 Å². The Balaban J connectivity index is 1.60. The van der Waals surface area contributed by atoms with Crippen LogP contribution in [0.4, 0.5) is 4.39 Å². The predicted octanol–water partition coefficient (Wildman–Crippen LogP) is 3.34. The van der Waals surface area contributed by atoms with Crippen LogP contribution in [0.1, 0.15) is 24.0 Å². The third-order valence-corrected chi connectivity index (χ3v) is 6.79. The van der Waals surface area contributed by atoms with Crippen LogP contribution in [0.25, 0.3) is 0 Å². The molecular weight excluding hydrogens is 403 g/mol. The summed E-state index contributed by atoms with van der Waals surface area (Å²) in [4.78, 5) is 12.5. The van der Waals surface area contributed by atoms with Gasteiger partial charge in [0.15, 0.2) is 0 Å². The van der Waals surface area contributed by atoms with Crippen molar-refractivity contribution < 1.29 is 17.6 Å². The number of sulfonamides is 1. The average Bonchev–Trinajstić information content (AvgIpc) is 2.66. The van der Waals surface area contributed by atoms with E-state index in [-0.39, 0.29) is 30.6 Å². The second-order valence-electron chi connectivity index (χ2n) is 6.93. The highest BCUT2D eigenvalue weighted by atomic mass is 35.5. The van der Waals surface area contributed by atoms with Gasteiger partial charge in [0, 0.05) is 24.7 Å². The van der Waals surface area contributed by atoms with Crippen molar-refractivity contribution >= 4 is 27.5 Å². The predicted molar refractivity (Wildman–Crippen MR) is 107 cm³/mol. The summed E-state index contributed by atoms with van der Waals surface area (Å²) in [6.07, 6.45) is 1.24. The summed E-state index contributed by atoms with van der Waals surface area (Å²) < 4.78 is 40.1. The van der Waals surface area contributed by atoms with E-state index in [0.717, 1.165) is 0 Å². The molecule has 28 heavy (non-hydrogen) atoms. The Morgan fingerprint density at radius 1 is 1.18 bits per heavy atom. The number of benzene rings is 2. The van der Waals surface area contributed by atoms with Gasteiger partial charge in [-0.1, -0.05) is 35.9 Å². The van der Waals surface area contributed by atoms with Crippen LogP contribution < -0.4 is 5.32 Å². The van der Waals surface area contributed by atoms with Gasteiger partial charge in [-0.15, -0.1) is 0 Å². The lowest BCUT2D eigenvalue weighted by molar-refractivity contribution is -0.126. The summed E-state index contributed by atoms with van der Waals surface area (Å²) in [6.45, 7) is 0.761. The second-order valence-corrected chi connectivity index (χ2v) is 9.34. The first kappa shape index (κ1) is 20.8. The molecule has 1 aliphatic heterocycles. The van der Waals surface area contributed by atoms with Gasteiger partial charge in [-0.2, -0.15) is 0 Å². The molecule has 8 heteroatoms. The molecule has 3 rings (SSSR count). The standard InChI is InChI=1S/C20H22ClFN2O3S/c21-18-7-1-5-16(10-18)14-28(26,27)24-9-3-6-17(13-24)20(25)23-12-15-4-2-8-19(22)11-15/h1-2,4-5,7-8,10-11,17H,3,6,9,12-14H2,(H,23,25). The summed E-state index contributed by atoms with van der Waals surface area (Å²) in [7, 11) is -3.55. The summed E-state index contributed by atoms with van der Waals surface area (Å²) in [5.74, 6) is -1.14. The summed E-state index contributed by atoms with van der Waals surface area (Å²) in [6, 6.07) is 12.8. The van der Waals surface area contributed by atoms with Crippen LogP contribution in [-0.2, 0) is 27.1 Å². The number of carbonyl (C=O) groups is 1. The van der Waals surface area contributed by atoms with Gasteiger partial charge in [-0.25, -0.2) is 17.1 Å². The molecule has 1 atom stereocenters. The number of rotatable bonds is 6. The number of hydrogen-bond acceptors (Lipinski definition) is 3. The Kier molecular flexibility index (Phi) is 6.69. The number of piperidine rings is 1. The van der Waals surface area contributed by atoms with Gasteiger partial charge in [0.05, 0.1) is 11.7 Å². The fraction of sp³-hybridized carbons (Fsp3) is 0.350. The van der Waals surface area contributed by atoms with E-state index in [1.54, 1.807) is 36.4 Å². The van der Waals surface area contributed by atoms with Crippen molar-refractivity contribution in [3.05, 3.63) is 70.5 Å². The van der Waals surface area contributed by atoms with Crippen molar-refractivity contribution in [2.75, 3.05) is 13.1 Å². The van der Waals surface area contributed by atoms with Crippen LogP contribution in [-0.4, -0.2) is 31.7 Å². The Bertz CT molecular complexity index is 952. The van der Waals surface area contributed by atoms with Gasteiger partial charge in [0.25, 0.3) is 0 Å². The number of carbonyl (C=O) groups excluding carboxylic acids is 1. The molecule has 2 aromatic rings. The number of hydrogen-bond donors (Lipinski definition) is 1. The van der Waals surface area contributed by atoms with Crippen LogP contribution in [0, 0.1) is 11.7 Å². The zero-order valence-electron chi connectivity index (χ0n) is 15.3. The molecular formula is C20H22ClFN2O3S. The molecule has 0 saturated carbocycles. The zero-order chi connectivity index (χ0) is 20.1. The van der Waals surface area contributed by atoms with Crippen molar-refractivity contribution in [1.82, 2.24) is 9.62 Å². The van der Waals surface area contributed by atoms with Crippen LogP contribution >= 0.6 is 11.6 Å². The highest BCUT2D eigenvalue weighted by molar-refractivity contribution is 7.88. The maximum Gasteiger partial charge on any atom is 0.224 e. The van der Waals surface area contributed by atoms with Crippen molar-refractivity contribution in [2.45, 2.75) is 25.1 Å². The van der Waals surface area contributed by atoms with Crippen molar-refractivity contribution in [1.29, 1.82) is 0 Å². The van der Waals surface area contributed by atoms with E-state index in [9.17, 15) is 17.6 Å². The van der Waals surface area contributed by atoms with Crippen molar-refractivity contribution in [3.8, 4) is 0 Å². The highest BCUT2D eigenvalue weighted by Crippen LogP contribution is 2.22. The van der Waals surface area contributed by atoms with Gasteiger partial charge < -0.3 is 5.32 Å². The first-order valence-corrected chi connectivity index (χ1v) is 11.1. The first-order valence-electron chi connectivity index (χ1n) is 9.08. The molecule has 5 nitrogen and oxygen atoms in total. The van der Waals surface area contributed by atoms with E-state index in [2.05, 4.69) is 5.32 Å². The van der Waals surface area contributed by atoms with Crippen molar-refractivity contribution in [3.63, 3.8) is 0 Å². The minimum Gasteiger partial charge on any atom is -0.352 e. The fourth-order valence-electron chi connectivity index (χ4n) is 3.32. The molecule has 1 heterocycles. The second kappa shape index (κ2) is 9.03. The maximum atomic E-state index is 13.2. The first-order chi connectivity index (χ1) is 13.3. The Morgan fingerprint density at radius 2 is 1.93 bits per heavy atom. The smallest absolute Gasteiger partial charge is 0.224 e. The Morgan fingerprint density at radius 3 is 2.68 bits per heavy atom. The van der Waals surface area contributed by atoms with Gasteiger partial charge in [-0.05, 0) is 48.2 Å². The van der Waals surface area contributed by atoms with Gasteiger partial charge in [-0.3, -0.25) is 4.79 Å². The molecule has 1 N–H and O–H groups in total. The summed E-state index contributed by atoms with van der Waals surface area (Å²) in [5, 5.41) is 3.27. The lowest BCUT2D eigenvalue weighted by atomic mass is 9.99. The molecule has 1 saturated heterocycles. The number of nitrogens with zero attached hydrogens (tertiary/aromatic N) is 1. The minimum atomic E-state index is -3.55. The lowest BCUT2D eigenvalue weighted by Crippen LogP contribution is -2.45. The van der Waals surface area contributed by atoms with Gasteiger partial charge in [0.2, 0.25) is 15.9 Å². The van der Waals surface area contributed by atoms with E-state index in [4.69, 9.17) is 11.6 Å². The molecule has 0 aromatic heterocycles. The summed E-state index contributed by atoms with van der Waals surface area (Å²) in [5.41, 5.74) is 1.28. The molecule has 0 radical (unpaired) electrons. The van der Waals surface area contributed by atoms with Gasteiger partial charge in [0.1, 0.15) is 5.82 Å². The average molecular weight is 425 g/mol. The van der Waals surface area contributed by atoms with Crippen LogP contribution in [0.15, 0.2) is 48.5 Å². The van der Waals surface area contributed by atoms with E-state index in [1.165, 1.54) is 16.4 Å². The molecule has 1 aliphatic rings. The normalized spacial score (nSPS) is 18.0. The fourth-order valence-corrected chi connectivity index (χ4v) is 5.13. The zero-order valence-corrected chi connectivity index (χ0v) is 16.8. The van der Waals surface area contributed by atoms with Crippen LogP contribution in [0.5, 0.6) is 0 Å². The van der Waals surface area contributed by atoms with E-state index in [1.807, 2.05) is 0 Å². The molecule has 2 aromatic carbocycles. The van der Waals surface area contributed by atoms with Crippen molar-refractivity contribution in [2.24, 2.45) is 5.92 Å². The van der Waals surface area contributed by atoms with E-state index >= 15 is 0 Å². The molecule has 0 spiro atoms. The molecule has 0 bridgehead atoms. The molecule has 150 valence electrons. The van der Waals surface area contributed by atoms with Gasteiger partial charge >= 0.3 is 0 Å². The monoisotopic (exact) mass is 424 g/mol. The topological polar surface area (TPSA) is 66.5 Å². The van der Waals surface area contributed by atoms with Crippen LogP contribution in [0.2, 0.25) is 5.02 Å². The Hall–Kier alpha value is -1.96. The van der Waals surface area contributed by atoms with Crippen LogP contribution in [0.3, 0.4) is 0 Å². The third kappa shape index (κ3) is 5.53. The third-order valence-electron chi connectivity index (χ3n) is 4.74. The lowest BCUT2D eigenvalue weighted by Gasteiger charge is -2.31. The summed E-state index contributed by atoms with van der Waals surface area (Å²) >= 11 is 5.93. The molecule has 0 aliphatic carbocycles. The number of halogens is 2. The number of amides is 1. The molecule has 1 amide bonds. The Labute approximate surface area is 169 Å². The SMILES string of the molecule is O=C(NCc1cccc(F)c1)C1CCCN(S(=O)(=O)Cc2cccc(Cl)c2)C1.